The van der Waals surface area contributed by atoms with Crippen LogP contribution in [0.1, 0.15) is 21.9 Å². The van der Waals surface area contributed by atoms with E-state index in [-0.39, 0.29) is 29.9 Å². The number of methoxy groups -OCH3 is 1. The molecule has 7 heteroatoms. The van der Waals surface area contributed by atoms with Crippen molar-refractivity contribution in [2.75, 3.05) is 14.2 Å². The molecule has 1 heterocycles. The van der Waals surface area contributed by atoms with Gasteiger partial charge in [-0.3, -0.25) is 4.79 Å². The molecule has 0 aliphatic rings. The van der Waals surface area contributed by atoms with Crippen molar-refractivity contribution >= 4 is 5.91 Å². The number of carbonyl (C=O) groups excluding carboxylic acids is 1. The summed E-state index contributed by atoms with van der Waals surface area (Å²) in [7, 11) is 3.22. The van der Waals surface area contributed by atoms with Crippen molar-refractivity contribution in [2.24, 2.45) is 0 Å². The molecule has 1 aromatic heterocycles. The van der Waals surface area contributed by atoms with Crippen LogP contribution in [0.25, 0.3) is 0 Å². The van der Waals surface area contributed by atoms with Gasteiger partial charge in [-0.1, -0.05) is 18.2 Å². The third-order valence-corrected chi connectivity index (χ3v) is 3.85. The summed E-state index contributed by atoms with van der Waals surface area (Å²) < 4.78 is 29.0. The summed E-state index contributed by atoms with van der Waals surface area (Å²) in [5, 5.41) is 0. The Hall–Kier alpha value is -3.35. The number of oxazole rings is 1. The molecule has 0 fully saturated rings. The summed E-state index contributed by atoms with van der Waals surface area (Å²) in [6.07, 6.45) is 1.30. The molecule has 0 spiro atoms. The Morgan fingerprint density at radius 3 is 2.67 bits per heavy atom. The normalized spacial score (nSPS) is 10.5. The monoisotopic (exact) mass is 370 g/mol. The van der Waals surface area contributed by atoms with Crippen molar-refractivity contribution in [3.05, 3.63) is 77.8 Å². The maximum absolute atomic E-state index is 13.0. The van der Waals surface area contributed by atoms with E-state index in [1.807, 2.05) is 12.1 Å². The maximum atomic E-state index is 13.0. The number of hydrogen-bond donors (Lipinski definition) is 0. The average molecular weight is 370 g/mol. The fourth-order valence-electron chi connectivity index (χ4n) is 2.44. The molecule has 0 saturated carbocycles. The second kappa shape index (κ2) is 8.35. The molecule has 6 nitrogen and oxygen atoms in total. The molecule has 140 valence electrons. The second-order valence-electron chi connectivity index (χ2n) is 5.88. The lowest BCUT2D eigenvalue weighted by molar-refractivity contribution is 0.0779. The molecule has 0 aliphatic carbocycles. The van der Waals surface area contributed by atoms with Gasteiger partial charge in [-0.25, -0.2) is 9.37 Å². The summed E-state index contributed by atoms with van der Waals surface area (Å²) in [4.78, 5) is 18.1. The van der Waals surface area contributed by atoms with Crippen LogP contribution >= 0.6 is 0 Å². The number of amides is 1. The highest BCUT2D eigenvalue weighted by molar-refractivity contribution is 5.91. The predicted octanol–water partition coefficient (Wildman–Crippen LogP) is 3.67. The minimum absolute atomic E-state index is 0.0854. The Kier molecular flexibility index (Phi) is 5.71. The maximum Gasteiger partial charge on any atom is 0.275 e. The van der Waals surface area contributed by atoms with Crippen molar-refractivity contribution < 1.29 is 23.1 Å². The summed E-state index contributed by atoms with van der Waals surface area (Å²) in [5.41, 5.74) is 1.00. The zero-order valence-electron chi connectivity index (χ0n) is 15.0. The van der Waals surface area contributed by atoms with E-state index in [0.29, 0.717) is 18.0 Å². The van der Waals surface area contributed by atoms with Gasteiger partial charge in [0.25, 0.3) is 5.91 Å². The van der Waals surface area contributed by atoms with Gasteiger partial charge < -0.3 is 18.8 Å². The van der Waals surface area contributed by atoms with Crippen LogP contribution in [0.3, 0.4) is 0 Å². The van der Waals surface area contributed by atoms with Gasteiger partial charge >= 0.3 is 0 Å². The third kappa shape index (κ3) is 4.84. The van der Waals surface area contributed by atoms with Crippen LogP contribution in [0.15, 0.2) is 59.2 Å². The molecule has 0 atom stereocenters. The number of rotatable bonds is 7. The Bertz CT molecular complexity index is 908. The fraction of sp³-hybridized carbons (Fsp3) is 0.200. The van der Waals surface area contributed by atoms with Gasteiger partial charge in [0.2, 0.25) is 5.89 Å². The average Bonchev–Trinajstić information content (AvgIpc) is 3.16. The number of nitrogens with zero attached hydrogens (tertiary/aromatic N) is 2. The SMILES string of the molecule is COc1cccc(OCc2nc(C(=O)N(C)Cc3ccc(F)cc3)co2)c1. The predicted molar refractivity (Wildman–Crippen MR) is 96.0 cm³/mol. The first kappa shape index (κ1) is 18.4. The molecule has 0 N–H and O–H groups in total. The van der Waals surface area contributed by atoms with Crippen LogP contribution in [0.4, 0.5) is 4.39 Å². The quantitative estimate of drug-likeness (QED) is 0.635. The van der Waals surface area contributed by atoms with E-state index < -0.39 is 0 Å². The summed E-state index contributed by atoms with van der Waals surface area (Å²) in [6, 6.07) is 13.1. The Morgan fingerprint density at radius 1 is 1.19 bits per heavy atom. The van der Waals surface area contributed by atoms with E-state index in [1.54, 1.807) is 38.4 Å². The number of aromatic nitrogens is 1. The van der Waals surface area contributed by atoms with E-state index in [1.165, 1.54) is 23.3 Å². The first-order chi connectivity index (χ1) is 13.0. The van der Waals surface area contributed by atoms with Crippen LogP contribution in [0.2, 0.25) is 0 Å². The van der Waals surface area contributed by atoms with Crippen molar-refractivity contribution in [1.29, 1.82) is 0 Å². The zero-order valence-corrected chi connectivity index (χ0v) is 15.0. The number of hydrogen-bond acceptors (Lipinski definition) is 5. The first-order valence-electron chi connectivity index (χ1n) is 8.26. The molecule has 27 heavy (non-hydrogen) atoms. The van der Waals surface area contributed by atoms with Crippen LogP contribution in [0, 0.1) is 5.82 Å². The summed E-state index contributed by atoms with van der Waals surface area (Å²) in [5.74, 6) is 0.962. The van der Waals surface area contributed by atoms with Crippen molar-refractivity contribution in [3.63, 3.8) is 0 Å². The lowest BCUT2D eigenvalue weighted by atomic mass is 10.2. The molecular formula is C20H19FN2O4. The van der Waals surface area contributed by atoms with E-state index in [2.05, 4.69) is 4.98 Å². The number of benzene rings is 2. The van der Waals surface area contributed by atoms with Gasteiger partial charge in [0, 0.05) is 19.7 Å². The largest absolute Gasteiger partial charge is 0.497 e. The van der Waals surface area contributed by atoms with Crippen LogP contribution in [-0.4, -0.2) is 29.9 Å². The van der Waals surface area contributed by atoms with Crippen molar-refractivity contribution in [2.45, 2.75) is 13.2 Å². The minimum atomic E-state index is -0.315. The van der Waals surface area contributed by atoms with Crippen LogP contribution in [-0.2, 0) is 13.2 Å². The number of halogens is 1. The van der Waals surface area contributed by atoms with Gasteiger partial charge in [-0.2, -0.15) is 0 Å². The standard InChI is InChI=1S/C20H19FN2O4/c1-23(11-14-6-8-15(21)9-7-14)20(24)18-12-27-19(22-18)13-26-17-5-3-4-16(10-17)25-2/h3-10,12H,11,13H2,1-2H3. The second-order valence-corrected chi connectivity index (χ2v) is 5.88. The lowest BCUT2D eigenvalue weighted by Gasteiger charge is -2.15. The van der Waals surface area contributed by atoms with Gasteiger partial charge in [0.15, 0.2) is 12.3 Å². The van der Waals surface area contributed by atoms with E-state index in [0.717, 1.165) is 5.56 Å². The molecule has 0 radical (unpaired) electrons. The highest BCUT2D eigenvalue weighted by atomic mass is 19.1. The topological polar surface area (TPSA) is 64.8 Å². The molecule has 3 rings (SSSR count). The highest BCUT2D eigenvalue weighted by Crippen LogP contribution is 2.20. The molecule has 3 aromatic rings. The van der Waals surface area contributed by atoms with Crippen LogP contribution in [0.5, 0.6) is 11.5 Å². The van der Waals surface area contributed by atoms with Gasteiger partial charge in [-0.05, 0) is 29.8 Å². The van der Waals surface area contributed by atoms with Crippen LogP contribution < -0.4 is 9.47 Å². The summed E-state index contributed by atoms with van der Waals surface area (Å²) in [6.45, 7) is 0.420. The molecular weight excluding hydrogens is 351 g/mol. The zero-order chi connectivity index (χ0) is 19.2. The lowest BCUT2D eigenvalue weighted by Crippen LogP contribution is -2.26. The highest BCUT2D eigenvalue weighted by Gasteiger charge is 2.17. The Morgan fingerprint density at radius 2 is 1.93 bits per heavy atom. The van der Waals surface area contributed by atoms with E-state index in [4.69, 9.17) is 13.9 Å². The van der Waals surface area contributed by atoms with Crippen molar-refractivity contribution in [3.8, 4) is 11.5 Å². The Balaban J connectivity index is 1.58. The van der Waals surface area contributed by atoms with Gasteiger partial charge in [0.05, 0.1) is 7.11 Å². The smallest absolute Gasteiger partial charge is 0.275 e. The number of carbonyl (C=O) groups is 1. The van der Waals surface area contributed by atoms with Crippen molar-refractivity contribution in [1.82, 2.24) is 9.88 Å². The fourth-order valence-corrected chi connectivity index (χ4v) is 2.44. The minimum Gasteiger partial charge on any atom is -0.497 e. The molecule has 1 amide bonds. The van der Waals surface area contributed by atoms with Gasteiger partial charge in [0.1, 0.15) is 23.6 Å². The first-order valence-corrected chi connectivity index (χ1v) is 8.26. The van der Waals surface area contributed by atoms with E-state index in [9.17, 15) is 9.18 Å². The molecule has 0 bridgehead atoms. The molecule has 0 aliphatic heterocycles. The third-order valence-electron chi connectivity index (χ3n) is 3.85. The summed E-state index contributed by atoms with van der Waals surface area (Å²) >= 11 is 0. The number of ether oxygens (including phenoxy) is 2. The Labute approximate surface area is 156 Å². The molecule has 0 saturated heterocycles. The molecule has 0 unspecified atom stereocenters. The van der Waals surface area contributed by atoms with Gasteiger partial charge in [-0.15, -0.1) is 0 Å². The molecule has 2 aromatic carbocycles. The van der Waals surface area contributed by atoms with E-state index >= 15 is 0 Å².